The number of esters is 2. The van der Waals surface area contributed by atoms with Gasteiger partial charge in [-0.05, 0) is 27.7 Å². The molecule has 0 heterocycles. The maximum Gasteiger partial charge on any atom is 0.315 e. The fraction of sp³-hybridized carbons (Fsp3) is 0.654. The lowest BCUT2D eigenvalue weighted by molar-refractivity contribution is -0.144. The molecule has 0 aliphatic heterocycles. The van der Waals surface area contributed by atoms with E-state index in [9.17, 15) is 43.2 Å². The number of rotatable bonds is 14. The molecule has 3 N–H and O–H groups in total. The summed E-state index contributed by atoms with van der Waals surface area (Å²) in [4.78, 5) is 94.0. The van der Waals surface area contributed by atoms with Crippen molar-refractivity contribution in [1.82, 2.24) is 16.0 Å². The van der Waals surface area contributed by atoms with Crippen molar-refractivity contribution in [2.24, 2.45) is 0 Å². The monoisotopic (exact) mass is 575 g/mol. The fourth-order valence-electron chi connectivity index (χ4n) is 1.87. The van der Waals surface area contributed by atoms with E-state index in [1.165, 1.54) is 48.8 Å². The molecule has 230 valence electrons. The third-order valence-corrected chi connectivity index (χ3v) is 3.91. The number of Topliss-reactive ketones (excluding diaryl/α,β-unsaturated/α-hetero) is 4. The Morgan fingerprint density at radius 1 is 0.500 bits per heavy atom. The Balaban J connectivity index is -0.000000224. The molecular formula is C26H45N3O11. The first-order valence-corrected chi connectivity index (χ1v) is 12.4. The highest BCUT2D eigenvalue weighted by Gasteiger charge is 2.08. The van der Waals surface area contributed by atoms with Crippen LogP contribution in [0.4, 0.5) is 0 Å². The first-order chi connectivity index (χ1) is 18.5. The summed E-state index contributed by atoms with van der Waals surface area (Å²) in [5.41, 5.74) is 0. The van der Waals surface area contributed by atoms with Gasteiger partial charge in [-0.25, -0.2) is 0 Å². The summed E-state index contributed by atoms with van der Waals surface area (Å²) >= 11 is 0. The molecule has 0 aromatic carbocycles. The summed E-state index contributed by atoms with van der Waals surface area (Å²) < 4.78 is 8.54. The third kappa shape index (κ3) is 47.3. The summed E-state index contributed by atoms with van der Waals surface area (Å²) in [6.45, 7) is 9.99. The van der Waals surface area contributed by atoms with Crippen molar-refractivity contribution in [3.63, 3.8) is 0 Å². The van der Waals surface area contributed by atoms with Crippen LogP contribution in [0, 0.1) is 0 Å². The van der Waals surface area contributed by atoms with Gasteiger partial charge in [0.1, 0.15) is 29.6 Å². The predicted molar refractivity (Wildman–Crippen MR) is 145 cm³/mol. The number of methoxy groups -OCH3 is 2. The van der Waals surface area contributed by atoms with Gasteiger partial charge in [0.05, 0.1) is 20.6 Å². The fourth-order valence-corrected chi connectivity index (χ4v) is 1.87. The molecule has 0 radical (unpaired) electrons. The molecule has 0 aliphatic rings. The summed E-state index contributed by atoms with van der Waals surface area (Å²) in [5, 5.41) is 7.40. The second-order valence-corrected chi connectivity index (χ2v) is 8.10. The number of carbonyl (C=O) groups excluding carboxylic acids is 9. The van der Waals surface area contributed by atoms with Crippen molar-refractivity contribution in [2.45, 2.75) is 80.1 Å². The van der Waals surface area contributed by atoms with Crippen LogP contribution in [0.3, 0.4) is 0 Å². The van der Waals surface area contributed by atoms with Crippen LogP contribution in [0.2, 0.25) is 0 Å². The van der Waals surface area contributed by atoms with Crippen LogP contribution in [0.15, 0.2) is 0 Å². The van der Waals surface area contributed by atoms with E-state index in [4.69, 9.17) is 0 Å². The zero-order chi connectivity index (χ0) is 32.1. The summed E-state index contributed by atoms with van der Waals surface area (Å²) in [6, 6.07) is 0. The molecule has 0 aromatic rings. The van der Waals surface area contributed by atoms with Crippen LogP contribution >= 0.6 is 0 Å². The van der Waals surface area contributed by atoms with Gasteiger partial charge in [-0.15, -0.1) is 0 Å². The second-order valence-electron chi connectivity index (χ2n) is 8.10. The molecule has 40 heavy (non-hydrogen) atoms. The first-order valence-electron chi connectivity index (χ1n) is 12.4. The van der Waals surface area contributed by atoms with E-state index in [0.717, 1.165) is 0 Å². The number of carbonyl (C=O) groups is 9. The van der Waals surface area contributed by atoms with Gasteiger partial charge in [-0.1, -0.05) is 6.92 Å². The molecule has 0 unspecified atom stereocenters. The van der Waals surface area contributed by atoms with Crippen molar-refractivity contribution < 1.29 is 52.6 Å². The Kier molecular flexibility index (Phi) is 31.9. The lowest BCUT2D eigenvalue weighted by atomic mass is 10.3. The highest BCUT2D eigenvalue weighted by Crippen LogP contribution is 1.86. The van der Waals surface area contributed by atoms with Crippen molar-refractivity contribution >= 4 is 52.8 Å². The van der Waals surface area contributed by atoms with E-state index in [2.05, 4.69) is 25.4 Å². The normalized spacial score (nSPS) is 8.80. The second kappa shape index (κ2) is 29.6. The van der Waals surface area contributed by atoms with Gasteiger partial charge in [-0.3, -0.25) is 43.2 Å². The van der Waals surface area contributed by atoms with Crippen molar-refractivity contribution in [3.05, 3.63) is 0 Å². The lowest BCUT2D eigenvalue weighted by Gasteiger charge is -2.01. The lowest BCUT2D eigenvalue weighted by Crippen LogP contribution is -2.27. The number of hydrogen-bond acceptors (Lipinski definition) is 11. The maximum absolute atomic E-state index is 10.9. The average Bonchev–Trinajstić information content (AvgIpc) is 2.83. The van der Waals surface area contributed by atoms with Crippen LogP contribution in [0.5, 0.6) is 0 Å². The van der Waals surface area contributed by atoms with Gasteiger partial charge in [0.15, 0.2) is 0 Å². The number of hydrogen-bond donors (Lipinski definition) is 3. The molecule has 0 aromatic heterocycles. The Hall–Kier alpha value is -3.97. The molecule has 0 spiro atoms. The minimum Gasteiger partial charge on any atom is -0.469 e. The molecule has 14 nitrogen and oxygen atoms in total. The highest BCUT2D eigenvalue weighted by molar-refractivity contribution is 5.97. The number of ether oxygens (including phenoxy) is 2. The van der Waals surface area contributed by atoms with Crippen molar-refractivity contribution in [3.8, 4) is 0 Å². The molecule has 0 atom stereocenters. The third-order valence-electron chi connectivity index (χ3n) is 3.91. The number of nitrogens with one attached hydrogen (secondary N) is 3. The average molecular weight is 576 g/mol. The zero-order valence-electron chi connectivity index (χ0n) is 24.9. The molecule has 0 saturated heterocycles. The molecule has 0 fully saturated rings. The first kappa shape index (κ1) is 43.1. The minimum absolute atomic E-state index is 0.00151. The van der Waals surface area contributed by atoms with Gasteiger partial charge in [0.25, 0.3) is 0 Å². The molecule has 0 saturated carbocycles. The molecular weight excluding hydrogens is 530 g/mol. The van der Waals surface area contributed by atoms with E-state index in [-0.39, 0.29) is 66.7 Å². The topological polar surface area (TPSA) is 208 Å². The number of amides is 3. The smallest absolute Gasteiger partial charge is 0.315 e. The number of ketones is 4. The van der Waals surface area contributed by atoms with E-state index >= 15 is 0 Å². The molecule has 0 bridgehead atoms. The summed E-state index contributed by atoms with van der Waals surface area (Å²) in [5.74, 6) is -1.61. The van der Waals surface area contributed by atoms with Crippen LogP contribution in [0.25, 0.3) is 0 Å². The SMILES string of the molecule is CC(=O)CCNC(=O)CC(C)=O.CC(=O)CCNC(C)=O.CCC(=O)OC.COC(=O)CC(=O)NCCC(C)=O. The van der Waals surface area contributed by atoms with E-state index in [1.54, 1.807) is 6.92 Å². The van der Waals surface area contributed by atoms with Gasteiger partial charge < -0.3 is 25.4 Å². The van der Waals surface area contributed by atoms with Crippen LogP contribution in [0.1, 0.15) is 80.1 Å². The quantitative estimate of drug-likeness (QED) is 0.190. The minimum atomic E-state index is -0.583. The van der Waals surface area contributed by atoms with Gasteiger partial charge in [-0.2, -0.15) is 0 Å². The maximum atomic E-state index is 10.9. The Morgan fingerprint density at radius 2 is 0.850 bits per heavy atom. The Bertz CT molecular complexity index is 820. The van der Waals surface area contributed by atoms with Crippen molar-refractivity contribution in [2.75, 3.05) is 33.9 Å². The van der Waals surface area contributed by atoms with Crippen LogP contribution in [-0.4, -0.2) is 86.6 Å². The molecule has 0 rings (SSSR count). The van der Waals surface area contributed by atoms with Crippen LogP contribution < -0.4 is 16.0 Å². The largest absolute Gasteiger partial charge is 0.469 e. The predicted octanol–water partition coefficient (Wildman–Crippen LogP) is 0.377. The van der Waals surface area contributed by atoms with Gasteiger partial charge in [0.2, 0.25) is 17.7 Å². The summed E-state index contributed by atoms with van der Waals surface area (Å²) in [6.07, 6.45) is 1.11. The highest BCUT2D eigenvalue weighted by atomic mass is 16.5. The van der Waals surface area contributed by atoms with Gasteiger partial charge in [0, 0.05) is 52.2 Å². The zero-order valence-corrected chi connectivity index (χ0v) is 24.9. The Morgan fingerprint density at radius 3 is 1.10 bits per heavy atom. The van der Waals surface area contributed by atoms with E-state index in [0.29, 0.717) is 32.4 Å². The molecule has 14 heteroatoms. The standard InChI is InChI=1S/C8H13NO4.C8H13NO3.C6H11NO2.C4H8O2/c1-6(10)3-4-9-7(11)5-8(12)13-2;1-6(10)3-4-9-8(12)5-7(2)11;1-5(8)3-4-7-6(2)9;1-3-4(5)6-2/h3-5H2,1-2H3,(H,9,11);3-5H2,1-2H3,(H,9,12);3-4H2,1-2H3,(H,7,9);3H2,1-2H3. The van der Waals surface area contributed by atoms with Gasteiger partial charge >= 0.3 is 11.9 Å². The van der Waals surface area contributed by atoms with Crippen LogP contribution in [-0.2, 0) is 52.6 Å². The molecule has 3 amide bonds. The Labute approximate surface area is 235 Å². The van der Waals surface area contributed by atoms with E-state index < -0.39 is 11.9 Å². The van der Waals surface area contributed by atoms with E-state index in [1.807, 2.05) is 0 Å². The molecule has 0 aliphatic carbocycles. The summed E-state index contributed by atoms with van der Waals surface area (Å²) in [7, 11) is 2.59. The van der Waals surface area contributed by atoms with Crippen molar-refractivity contribution in [1.29, 1.82) is 0 Å².